The minimum atomic E-state index is -4.11. The third kappa shape index (κ3) is 4.66. The van der Waals surface area contributed by atoms with E-state index in [1.54, 1.807) is 11.3 Å². The fourth-order valence-corrected chi connectivity index (χ4v) is 3.83. The van der Waals surface area contributed by atoms with Gasteiger partial charge in [0.1, 0.15) is 0 Å². The predicted molar refractivity (Wildman–Crippen MR) is 78.7 cm³/mol. The van der Waals surface area contributed by atoms with Crippen molar-refractivity contribution < 1.29 is 13.2 Å². The average Bonchev–Trinajstić information content (AvgIpc) is 2.94. The zero-order valence-corrected chi connectivity index (χ0v) is 13.4. The molecule has 2 rings (SSSR count). The molecule has 1 N–H and O–H groups in total. The van der Waals surface area contributed by atoms with E-state index in [0.717, 1.165) is 23.5 Å². The molecule has 0 amide bonds. The minimum absolute atomic E-state index is 0.119. The molecule has 0 bridgehead atoms. The number of rotatable bonds is 5. The lowest BCUT2D eigenvalue weighted by Crippen LogP contribution is -2.37. The van der Waals surface area contributed by atoms with Crippen molar-refractivity contribution in [2.24, 2.45) is 0 Å². The highest BCUT2D eigenvalue weighted by Crippen LogP contribution is 2.27. The fourth-order valence-electron chi connectivity index (χ4n) is 2.81. The number of hydrogen-bond acceptors (Lipinski definition) is 4. The highest BCUT2D eigenvalue weighted by atomic mass is 32.1. The van der Waals surface area contributed by atoms with Crippen molar-refractivity contribution in [2.75, 3.05) is 19.6 Å². The van der Waals surface area contributed by atoms with Crippen molar-refractivity contribution in [2.45, 2.75) is 51.9 Å². The van der Waals surface area contributed by atoms with E-state index < -0.39 is 12.7 Å². The van der Waals surface area contributed by atoms with Crippen molar-refractivity contribution in [1.82, 2.24) is 15.2 Å². The first-order valence-corrected chi connectivity index (χ1v) is 8.11. The van der Waals surface area contributed by atoms with Crippen LogP contribution in [0.5, 0.6) is 0 Å². The fraction of sp³-hybridized carbons (Fsp3) is 0.786. The standard InChI is InChI=1S/C14H22F3N3S/c1-4-12-19-10(3)13(21-12)9(2)18-11-5-6-20(7-11)8-14(15,16)17/h9,11,18H,4-8H2,1-3H3/t9-,11-/m0/s1. The molecule has 3 nitrogen and oxygen atoms in total. The summed E-state index contributed by atoms with van der Waals surface area (Å²) >= 11 is 1.69. The van der Waals surface area contributed by atoms with Gasteiger partial charge in [-0.05, 0) is 26.7 Å². The number of likely N-dealkylation sites (tertiary alicyclic amines) is 1. The van der Waals surface area contributed by atoms with Crippen molar-refractivity contribution in [3.63, 3.8) is 0 Å². The van der Waals surface area contributed by atoms with E-state index in [1.165, 1.54) is 9.78 Å². The molecular formula is C14H22F3N3S. The predicted octanol–water partition coefficient (Wildman–Crippen LogP) is 3.30. The molecule has 0 radical (unpaired) electrons. The van der Waals surface area contributed by atoms with Gasteiger partial charge in [-0.3, -0.25) is 4.90 Å². The van der Waals surface area contributed by atoms with Crippen LogP contribution < -0.4 is 5.32 Å². The van der Waals surface area contributed by atoms with Gasteiger partial charge in [-0.1, -0.05) is 6.92 Å². The average molecular weight is 321 g/mol. The summed E-state index contributed by atoms with van der Waals surface area (Å²) in [6, 6.07) is 0.257. The van der Waals surface area contributed by atoms with Crippen LogP contribution in [0, 0.1) is 6.92 Å². The number of nitrogens with zero attached hydrogens (tertiary/aromatic N) is 2. The molecule has 1 fully saturated rings. The van der Waals surface area contributed by atoms with Gasteiger partial charge >= 0.3 is 6.18 Å². The summed E-state index contributed by atoms with van der Waals surface area (Å²) in [6.07, 6.45) is -2.43. The van der Waals surface area contributed by atoms with Crippen LogP contribution in [0.4, 0.5) is 13.2 Å². The van der Waals surface area contributed by atoms with Crippen molar-refractivity contribution in [3.8, 4) is 0 Å². The molecule has 1 aliphatic rings. The van der Waals surface area contributed by atoms with Gasteiger partial charge in [0.05, 0.1) is 17.2 Å². The van der Waals surface area contributed by atoms with E-state index in [0.29, 0.717) is 13.1 Å². The van der Waals surface area contributed by atoms with E-state index in [1.807, 2.05) is 6.92 Å². The first-order chi connectivity index (χ1) is 9.78. The van der Waals surface area contributed by atoms with Gasteiger partial charge in [-0.25, -0.2) is 4.98 Å². The minimum Gasteiger partial charge on any atom is -0.305 e. The molecule has 1 aromatic rings. The molecule has 2 atom stereocenters. The lowest BCUT2D eigenvalue weighted by atomic mass is 10.2. The maximum absolute atomic E-state index is 12.4. The molecule has 1 aromatic heterocycles. The maximum atomic E-state index is 12.4. The second kappa shape index (κ2) is 6.62. The highest BCUT2D eigenvalue weighted by molar-refractivity contribution is 7.11. The summed E-state index contributed by atoms with van der Waals surface area (Å²) in [7, 11) is 0. The second-order valence-corrected chi connectivity index (χ2v) is 6.75. The second-order valence-electron chi connectivity index (χ2n) is 5.64. The Kier molecular flexibility index (Phi) is 5.27. The maximum Gasteiger partial charge on any atom is 0.401 e. The van der Waals surface area contributed by atoms with E-state index in [9.17, 15) is 13.2 Å². The van der Waals surface area contributed by atoms with Crippen molar-refractivity contribution in [1.29, 1.82) is 0 Å². The molecule has 0 spiro atoms. The molecule has 1 saturated heterocycles. The Hall–Kier alpha value is -0.660. The Morgan fingerprint density at radius 1 is 1.48 bits per heavy atom. The summed E-state index contributed by atoms with van der Waals surface area (Å²) < 4.78 is 37.2. The molecule has 0 aromatic carbocycles. The Bertz CT molecular complexity index is 473. The zero-order chi connectivity index (χ0) is 15.6. The van der Waals surface area contributed by atoms with E-state index in [-0.39, 0.29) is 12.1 Å². The molecule has 120 valence electrons. The monoisotopic (exact) mass is 321 g/mol. The topological polar surface area (TPSA) is 28.2 Å². The Morgan fingerprint density at radius 3 is 2.76 bits per heavy atom. The quantitative estimate of drug-likeness (QED) is 0.902. The first kappa shape index (κ1) is 16.7. The smallest absolute Gasteiger partial charge is 0.305 e. The van der Waals surface area contributed by atoms with Gasteiger partial charge in [0.25, 0.3) is 0 Å². The van der Waals surface area contributed by atoms with Gasteiger partial charge in [0.2, 0.25) is 0 Å². The third-order valence-electron chi connectivity index (χ3n) is 3.73. The van der Waals surface area contributed by atoms with Crippen LogP contribution in [0.2, 0.25) is 0 Å². The van der Waals surface area contributed by atoms with Crippen LogP contribution in [-0.4, -0.2) is 41.7 Å². The molecule has 0 unspecified atom stereocenters. The lowest BCUT2D eigenvalue weighted by molar-refractivity contribution is -0.143. The third-order valence-corrected chi connectivity index (χ3v) is 5.22. The Balaban J connectivity index is 1.89. The molecule has 0 saturated carbocycles. The van der Waals surface area contributed by atoms with E-state index in [4.69, 9.17) is 0 Å². The van der Waals surface area contributed by atoms with Gasteiger partial charge in [0.15, 0.2) is 0 Å². The number of aromatic nitrogens is 1. The van der Waals surface area contributed by atoms with Crippen LogP contribution in [-0.2, 0) is 6.42 Å². The van der Waals surface area contributed by atoms with Gasteiger partial charge in [0, 0.05) is 30.1 Å². The van der Waals surface area contributed by atoms with Crippen molar-refractivity contribution in [3.05, 3.63) is 15.6 Å². The van der Waals surface area contributed by atoms with E-state index in [2.05, 4.69) is 24.1 Å². The lowest BCUT2D eigenvalue weighted by Gasteiger charge is -2.21. The Labute approximate surface area is 127 Å². The number of halogens is 3. The molecule has 0 aliphatic carbocycles. The number of thiazole rings is 1. The number of hydrogen-bond donors (Lipinski definition) is 1. The van der Waals surface area contributed by atoms with E-state index >= 15 is 0 Å². The molecule has 21 heavy (non-hydrogen) atoms. The summed E-state index contributed by atoms with van der Waals surface area (Å²) in [6.45, 7) is 6.29. The first-order valence-electron chi connectivity index (χ1n) is 7.30. The van der Waals surface area contributed by atoms with Crippen LogP contribution in [0.1, 0.15) is 41.9 Å². The number of alkyl halides is 3. The number of aryl methyl sites for hydroxylation is 2. The normalized spacial score (nSPS) is 21.9. The summed E-state index contributed by atoms with van der Waals surface area (Å²) in [5.41, 5.74) is 1.03. The van der Waals surface area contributed by atoms with Gasteiger partial charge in [-0.2, -0.15) is 13.2 Å². The number of nitrogens with one attached hydrogen (secondary N) is 1. The Morgan fingerprint density at radius 2 is 2.19 bits per heavy atom. The summed E-state index contributed by atoms with van der Waals surface area (Å²) in [5, 5.41) is 4.56. The molecular weight excluding hydrogens is 299 g/mol. The van der Waals surface area contributed by atoms with Crippen LogP contribution >= 0.6 is 11.3 Å². The zero-order valence-electron chi connectivity index (χ0n) is 12.6. The largest absolute Gasteiger partial charge is 0.401 e. The van der Waals surface area contributed by atoms with Crippen LogP contribution in [0.25, 0.3) is 0 Å². The summed E-state index contributed by atoms with van der Waals surface area (Å²) in [5.74, 6) is 0. The molecule has 1 aliphatic heterocycles. The summed E-state index contributed by atoms with van der Waals surface area (Å²) in [4.78, 5) is 7.18. The highest BCUT2D eigenvalue weighted by Gasteiger charge is 2.34. The SMILES string of the molecule is CCc1nc(C)c([C@H](C)N[C@H]2CCN(CC(F)(F)F)C2)s1. The van der Waals surface area contributed by atoms with Gasteiger partial charge in [-0.15, -0.1) is 11.3 Å². The molecule has 7 heteroatoms. The van der Waals surface area contributed by atoms with Crippen molar-refractivity contribution >= 4 is 11.3 Å². The van der Waals surface area contributed by atoms with Gasteiger partial charge < -0.3 is 5.32 Å². The molecule has 2 heterocycles. The van der Waals surface area contributed by atoms with Crippen LogP contribution in [0.3, 0.4) is 0 Å². The van der Waals surface area contributed by atoms with Crippen LogP contribution in [0.15, 0.2) is 0 Å².